The molecule has 3 aromatic carbocycles. The fourth-order valence-corrected chi connectivity index (χ4v) is 4.24. The Balaban J connectivity index is 1.65. The Morgan fingerprint density at radius 2 is 1.73 bits per heavy atom. The van der Waals surface area contributed by atoms with Crippen molar-refractivity contribution in [3.05, 3.63) is 89.4 Å². The van der Waals surface area contributed by atoms with Crippen LogP contribution in [0, 0.1) is 18.3 Å². The van der Waals surface area contributed by atoms with E-state index in [1.807, 2.05) is 78.2 Å². The summed E-state index contributed by atoms with van der Waals surface area (Å²) in [4.78, 5) is 14.5. The molecule has 0 aliphatic carbocycles. The number of hydrogen-bond acceptors (Lipinski definition) is 5. The molecule has 0 radical (unpaired) electrons. The van der Waals surface area contributed by atoms with Crippen LogP contribution in [0.15, 0.2) is 84.0 Å². The number of amides is 1. The van der Waals surface area contributed by atoms with Crippen LogP contribution < -0.4 is 4.90 Å². The van der Waals surface area contributed by atoms with Crippen LogP contribution in [0.3, 0.4) is 0 Å². The zero-order valence-corrected chi connectivity index (χ0v) is 19.4. The zero-order chi connectivity index (χ0) is 23.2. The summed E-state index contributed by atoms with van der Waals surface area (Å²) in [5.41, 5.74) is 3.59. The minimum atomic E-state index is -0.185. The van der Waals surface area contributed by atoms with E-state index in [1.54, 1.807) is 12.1 Å². The number of carbonyl (C=O) groups excluding carboxylic acids is 1. The minimum Gasteiger partial charge on any atom is -0.298 e. The molecule has 1 amide bonds. The standard InChI is InChI=1S/C25H20ClN5OS/c1-18-7-9-19(10-8-18)24-28-29-25(31(24)22-13-11-20(26)12-14-22)33-17-23(32)30(16-15-27)21-5-3-2-4-6-21/h2-14H,16-17H2,1H3. The third-order valence-corrected chi connectivity index (χ3v) is 6.12. The molecule has 0 aliphatic heterocycles. The van der Waals surface area contributed by atoms with Gasteiger partial charge in [0.1, 0.15) is 6.54 Å². The van der Waals surface area contributed by atoms with Gasteiger partial charge in [-0.1, -0.05) is 71.4 Å². The highest BCUT2D eigenvalue weighted by atomic mass is 35.5. The Labute approximate surface area is 201 Å². The quantitative estimate of drug-likeness (QED) is 0.260. The van der Waals surface area contributed by atoms with Gasteiger partial charge in [0.05, 0.1) is 11.8 Å². The van der Waals surface area contributed by atoms with Gasteiger partial charge in [0, 0.05) is 22.0 Å². The van der Waals surface area contributed by atoms with Crippen LogP contribution in [0.1, 0.15) is 5.56 Å². The highest BCUT2D eigenvalue weighted by Crippen LogP contribution is 2.29. The van der Waals surface area contributed by atoms with Gasteiger partial charge in [0.25, 0.3) is 0 Å². The van der Waals surface area contributed by atoms with E-state index in [9.17, 15) is 10.1 Å². The first kappa shape index (κ1) is 22.6. The van der Waals surface area contributed by atoms with Crippen molar-refractivity contribution < 1.29 is 4.79 Å². The molecule has 0 N–H and O–H groups in total. The van der Waals surface area contributed by atoms with Crippen LogP contribution in [-0.2, 0) is 4.79 Å². The molecule has 0 saturated carbocycles. The lowest BCUT2D eigenvalue weighted by molar-refractivity contribution is -0.116. The second-order valence-electron chi connectivity index (χ2n) is 7.25. The summed E-state index contributed by atoms with van der Waals surface area (Å²) < 4.78 is 1.91. The van der Waals surface area contributed by atoms with E-state index >= 15 is 0 Å². The molecule has 1 heterocycles. The van der Waals surface area contributed by atoms with Gasteiger partial charge >= 0.3 is 0 Å². The summed E-state index contributed by atoms with van der Waals surface area (Å²) in [5.74, 6) is 0.593. The highest BCUT2D eigenvalue weighted by Gasteiger charge is 2.20. The SMILES string of the molecule is Cc1ccc(-c2nnc(SCC(=O)N(CC#N)c3ccccc3)n2-c2ccc(Cl)cc2)cc1. The Bertz CT molecular complexity index is 1280. The van der Waals surface area contributed by atoms with E-state index in [0.29, 0.717) is 21.7 Å². The van der Waals surface area contributed by atoms with Gasteiger partial charge in [-0.05, 0) is 43.3 Å². The molecule has 4 rings (SSSR count). The van der Waals surface area contributed by atoms with Crippen LogP contribution in [0.4, 0.5) is 5.69 Å². The number of nitrogens with zero attached hydrogens (tertiary/aromatic N) is 5. The lowest BCUT2D eigenvalue weighted by Crippen LogP contribution is -2.32. The lowest BCUT2D eigenvalue weighted by atomic mass is 10.1. The zero-order valence-electron chi connectivity index (χ0n) is 17.9. The number of aryl methyl sites for hydroxylation is 1. The summed E-state index contributed by atoms with van der Waals surface area (Å²) in [7, 11) is 0. The number of halogens is 1. The molecule has 0 aliphatic rings. The number of aromatic nitrogens is 3. The fraction of sp³-hybridized carbons (Fsp3) is 0.120. The van der Waals surface area contributed by atoms with E-state index in [0.717, 1.165) is 16.8 Å². The monoisotopic (exact) mass is 473 g/mol. The Morgan fingerprint density at radius 3 is 2.39 bits per heavy atom. The van der Waals surface area contributed by atoms with Crippen molar-refractivity contribution in [2.45, 2.75) is 12.1 Å². The highest BCUT2D eigenvalue weighted by molar-refractivity contribution is 7.99. The summed E-state index contributed by atoms with van der Waals surface area (Å²) in [6, 6.07) is 26.7. The van der Waals surface area contributed by atoms with E-state index in [-0.39, 0.29) is 18.2 Å². The summed E-state index contributed by atoms with van der Waals surface area (Å²) in [5, 5.41) is 19.2. The molecule has 33 heavy (non-hydrogen) atoms. The second kappa shape index (κ2) is 10.3. The average Bonchev–Trinajstić information content (AvgIpc) is 3.26. The molecule has 0 atom stereocenters. The fourth-order valence-electron chi connectivity index (χ4n) is 3.28. The first-order chi connectivity index (χ1) is 16.1. The van der Waals surface area contributed by atoms with Crippen LogP contribution in [0.2, 0.25) is 5.02 Å². The molecular formula is C25H20ClN5OS. The lowest BCUT2D eigenvalue weighted by Gasteiger charge is -2.19. The van der Waals surface area contributed by atoms with E-state index in [2.05, 4.69) is 16.3 Å². The van der Waals surface area contributed by atoms with Gasteiger partial charge in [-0.3, -0.25) is 14.3 Å². The number of carbonyl (C=O) groups is 1. The molecule has 0 bridgehead atoms. The van der Waals surface area contributed by atoms with Crippen molar-refractivity contribution in [3.8, 4) is 23.1 Å². The Morgan fingerprint density at radius 1 is 1.03 bits per heavy atom. The molecule has 164 valence electrons. The van der Waals surface area contributed by atoms with Crippen molar-refractivity contribution in [2.24, 2.45) is 0 Å². The van der Waals surface area contributed by atoms with Crippen LogP contribution in [0.5, 0.6) is 0 Å². The number of rotatable bonds is 7. The average molecular weight is 474 g/mol. The largest absolute Gasteiger partial charge is 0.298 e. The van der Waals surface area contributed by atoms with Crippen molar-refractivity contribution >= 4 is 35.0 Å². The van der Waals surface area contributed by atoms with E-state index in [1.165, 1.54) is 16.7 Å². The number of thioether (sulfide) groups is 1. The Kier molecular flexibility index (Phi) is 7.08. The molecule has 1 aromatic heterocycles. The van der Waals surface area contributed by atoms with Crippen molar-refractivity contribution in [1.82, 2.24) is 14.8 Å². The van der Waals surface area contributed by atoms with Crippen LogP contribution in [0.25, 0.3) is 17.1 Å². The first-order valence-electron chi connectivity index (χ1n) is 10.2. The topological polar surface area (TPSA) is 74.8 Å². The number of hydrogen-bond donors (Lipinski definition) is 0. The maximum absolute atomic E-state index is 13.0. The molecule has 0 spiro atoms. The molecule has 0 fully saturated rings. The molecule has 0 unspecified atom stereocenters. The third kappa shape index (κ3) is 5.25. The normalized spacial score (nSPS) is 10.6. The Hall–Kier alpha value is -3.60. The molecule has 8 heteroatoms. The first-order valence-corrected chi connectivity index (χ1v) is 11.6. The van der Waals surface area contributed by atoms with Gasteiger partial charge < -0.3 is 0 Å². The van der Waals surface area contributed by atoms with Crippen LogP contribution >= 0.6 is 23.4 Å². The summed E-state index contributed by atoms with van der Waals surface area (Å²) in [6.07, 6.45) is 0. The van der Waals surface area contributed by atoms with Gasteiger partial charge in [-0.25, -0.2) is 0 Å². The van der Waals surface area contributed by atoms with Gasteiger partial charge in [-0.2, -0.15) is 5.26 Å². The predicted octanol–water partition coefficient (Wildman–Crippen LogP) is 5.55. The molecule has 0 saturated heterocycles. The maximum Gasteiger partial charge on any atom is 0.238 e. The third-order valence-electron chi connectivity index (χ3n) is 4.95. The van der Waals surface area contributed by atoms with Crippen LogP contribution in [-0.4, -0.2) is 33.0 Å². The minimum absolute atomic E-state index is 0.0259. The maximum atomic E-state index is 13.0. The smallest absolute Gasteiger partial charge is 0.238 e. The molecular weight excluding hydrogens is 454 g/mol. The molecule has 4 aromatic rings. The van der Waals surface area contributed by atoms with Crippen molar-refractivity contribution in [1.29, 1.82) is 5.26 Å². The second-order valence-corrected chi connectivity index (χ2v) is 8.63. The predicted molar refractivity (Wildman–Crippen MR) is 132 cm³/mol. The van der Waals surface area contributed by atoms with Crippen molar-refractivity contribution in [2.75, 3.05) is 17.2 Å². The van der Waals surface area contributed by atoms with Gasteiger partial charge in [0.15, 0.2) is 11.0 Å². The molecule has 6 nitrogen and oxygen atoms in total. The van der Waals surface area contributed by atoms with E-state index < -0.39 is 0 Å². The number of nitriles is 1. The van der Waals surface area contributed by atoms with Crippen molar-refractivity contribution in [3.63, 3.8) is 0 Å². The van der Waals surface area contributed by atoms with Gasteiger partial charge in [-0.15, -0.1) is 10.2 Å². The summed E-state index contributed by atoms with van der Waals surface area (Å²) >= 11 is 7.37. The summed E-state index contributed by atoms with van der Waals surface area (Å²) in [6.45, 7) is 2.00. The number of para-hydroxylation sites is 1. The number of benzene rings is 3. The van der Waals surface area contributed by atoms with Gasteiger partial charge in [0.2, 0.25) is 5.91 Å². The number of anilines is 1. The van der Waals surface area contributed by atoms with E-state index in [4.69, 9.17) is 11.6 Å².